The third kappa shape index (κ3) is 4.86. The molecule has 1 aromatic carbocycles. The lowest BCUT2D eigenvalue weighted by molar-refractivity contribution is -0.0704. The molecule has 0 aliphatic carbocycles. The smallest absolute Gasteiger partial charge is 0.322 e. The van der Waals surface area contributed by atoms with Crippen LogP contribution >= 0.6 is 0 Å². The Kier molecular flexibility index (Phi) is 5.96. The van der Waals surface area contributed by atoms with E-state index in [2.05, 4.69) is 30.1 Å². The molecular weight excluding hydrogens is 330 g/mol. The van der Waals surface area contributed by atoms with Gasteiger partial charge in [-0.05, 0) is 37.6 Å². The van der Waals surface area contributed by atoms with E-state index in [4.69, 9.17) is 9.15 Å². The van der Waals surface area contributed by atoms with Gasteiger partial charge in [0.25, 0.3) is 0 Å². The molecule has 0 saturated carbocycles. The molecule has 0 radical (unpaired) electrons. The van der Waals surface area contributed by atoms with Crippen molar-refractivity contribution >= 4 is 11.7 Å². The van der Waals surface area contributed by atoms with Gasteiger partial charge in [0.05, 0.1) is 25.0 Å². The minimum Gasteiger partial charge on any atom is -0.467 e. The Morgan fingerprint density at radius 3 is 2.62 bits per heavy atom. The van der Waals surface area contributed by atoms with Crippen LogP contribution in [0.5, 0.6) is 0 Å². The molecule has 26 heavy (non-hydrogen) atoms. The van der Waals surface area contributed by atoms with Gasteiger partial charge in [-0.1, -0.05) is 18.2 Å². The summed E-state index contributed by atoms with van der Waals surface area (Å²) in [7, 11) is 1.76. The second kappa shape index (κ2) is 8.38. The highest BCUT2D eigenvalue weighted by Crippen LogP contribution is 2.21. The lowest BCUT2D eigenvalue weighted by Gasteiger charge is -2.35. The van der Waals surface area contributed by atoms with Crippen LogP contribution in [0.25, 0.3) is 0 Å². The quantitative estimate of drug-likeness (QED) is 0.889. The van der Waals surface area contributed by atoms with Gasteiger partial charge >= 0.3 is 6.03 Å². The maximum absolute atomic E-state index is 12.5. The van der Waals surface area contributed by atoms with Crippen LogP contribution in [0.1, 0.15) is 25.2 Å². The zero-order valence-electron chi connectivity index (χ0n) is 15.6. The third-order valence-electron chi connectivity index (χ3n) is 4.47. The van der Waals surface area contributed by atoms with Crippen LogP contribution in [0.4, 0.5) is 10.5 Å². The standard InChI is InChI=1S/C20H27N3O3/c1-15-11-23(12-16(2)26-15)13-17-7-4-5-9-19(17)21-20(24)22(3)14-18-8-6-10-25-18/h4-10,15-16H,11-14H2,1-3H3,(H,21,24). The first-order valence-corrected chi connectivity index (χ1v) is 9.01. The molecule has 1 aliphatic heterocycles. The average molecular weight is 357 g/mol. The summed E-state index contributed by atoms with van der Waals surface area (Å²) in [5, 5.41) is 3.02. The molecule has 0 bridgehead atoms. The summed E-state index contributed by atoms with van der Waals surface area (Å²) < 4.78 is 11.1. The van der Waals surface area contributed by atoms with Gasteiger partial charge in [-0.25, -0.2) is 4.79 Å². The van der Waals surface area contributed by atoms with Crippen molar-refractivity contribution in [3.63, 3.8) is 0 Å². The van der Waals surface area contributed by atoms with Gasteiger partial charge < -0.3 is 19.4 Å². The summed E-state index contributed by atoms with van der Waals surface area (Å²) >= 11 is 0. The monoisotopic (exact) mass is 357 g/mol. The van der Waals surface area contributed by atoms with Gasteiger partial charge in [0, 0.05) is 32.4 Å². The number of morpholine rings is 1. The number of ether oxygens (including phenoxy) is 1. The van der Waals surface area contributed by atoms with Crippen molar-refractivity contribution in [3.05, 3.63) is 54.0 Å². The summed E-state index contributed by atoms with van der Waals surface area (Å²) in [6, 6.07) is 11.5. The van der Waals surface area contributed by atoms with E-state index in [1.165, 1.54) is 0 Å². The van der Waals surface area contributed by atoms with E-state index in [0.29, 0.717) is 6.54 Å². The molecule has 2 amide bonds. The maximum Gasteiger partial charge on any atom is 0.322 e. The lowest BCUT2D eigenvalue weighted by Crippen LogP contribution is -2.45. The second-order valence-electron chi connectivity index (χ2n) is 6.97. The molecule has 0 spiro atoms. The fraction of sp³-hybridized carbons (Fsp3) is 0.450. The number of furan rings is 1. The fourth-order valence-electron chi connectivity index (χ4n) is 3.35. The van der Waals surface area contributed by atoms with Crippen molar-refractivity contribution in [2.45, 2.75) is 39.1 Å². The SMILES string of the molecule is CC1CN(Cc2ccccc2NC(=O)N(C)Cc2ccco2)CC(C)O1. The van der Waals surface area contributed by atoms with Crippen LogP contribution in [0.3, 0.4) is 0 Å². The Balaban J connectivity index is 1.64. The Morgan fingerprint density at radius 1 is 1.19 bits per heavy atom. The first-order chi connectivity index (χ1) is 12.5. The number of carbonyl (C=O) groups is 1. The van der Waals surface area contributed by atoms with Crippen LogP contribution in [0.2, 0.25) is 0 Å². The van der Waals surface area contributed by atoms with Crippen molar-refractivity contribution in [2.75, 3.05) is 25.5 Å². The number of nitrogens with zero attached hydrogens (tertiary/aromatic N) is 2. The van der Waals surface area contributed by atoms with Crippen molar-refractivity contribution in [1.29, 1.82) is 0 Å². The van der Waals surface area contributed by atoms with Crippen molar-refractivity contribution in [1.82, 2.24) is 9.80 Å². The van der Waals surface area contributed by atoms with E-state index in [1.807, 2.05) is 30.3 Å². The summed E-state index contributed by atoms with van der Waals surface area (Å²) in [6.07, 6.45) is 2.06. The Labute approximate surface area is 154 Å². The molecule has 1 fully saturated rings. The maximum atomic E-state index is 12.5. The van der Waals surface area contributed by atoms with E-state index in [-0.39, 0.29) is 18.2 Å². The highest BCUT2D eigenvalue weighted by molar-refractivity contribution is 5.89. The largest absolute Gasteiger partial charge is 0.467 e. The summed E-state index contributed by atoms with van der Waals surface area (Å²) in [6.45, 7) is 7.20. The van der Waals surface area contributed by atoms with Gasteiger partial charge in [0.2, 0.25) is 0 Å². The molecule has 2 unspecified atom stereocenters. The van der Waals surface area contributed by atoms with Crippen LogP contribution in [-0.2, 0) is 17.8 Å². The summed E-state index contributed by atoms with van der Waals surface area (Å²) in [4.78, 5) is 16.5. The second-order valence-corrected chi connectivity index (χ2v) is 6.97. The number of urea groups is 1. The van der Waals surface area contributed by atoms with Crippen LogP contribution < -0.4 is 5.32 Å². The van der Waals surface area contributed by atoms with Crippen molar-refractivity contribution in [2.24, 2.45) is 0 Å². The third-order valence-corrected chi connectivity index (χ3v) is 4.47. The minimum absolute atomic E-state index is 0.155. The molecule has 1 aromatic heterocycles. The number of hydrogen-bond donors (Lipinski definition) is 1. The fourth-order valence-corrected chi connectivity index (χ4v) is 3.35. The highest BCUT2D eigenvalue weighted by Gasteiger charge is 2.23. The molecule has 1 saturated heterocycles. The molecule has 1 N–H and O–H groups in total. The van der Waals surface area contributed by atoms with Gasteiger partial charge in [-0.15, -0.1) is 0 Å². The van der Waals surface area contributed by atoms with E-state index in [1.54, 1.807) is 18.2 Å². The first kappa shape index (κ1) is 18.5. The number of para-hydroxylation sites is 1. The number of amides is 2. The van der Waals surface area contributed by atoms with Gasteiger partial charge in [0.15, 0.2) is 0 Å². The topological polar surface area (TPSA) is 58.0 Å². The van der Waals surface area contributed by atoms with Gasteiger partial charge in [0.1, 0.15) is 5.76 Å². The average Bonchev–Trinajstić information content (AvgIpc) is 3.08. The minimum atomic E-state index is -0.155. The number of hydrogen-bond acceptors (Lipinski definition) is 4. The molecule has 1 aliphatic rings. The number of carbonyl (C=O) groups excluding carboxylic acids is 1. The lowest BCUT2D eigenvalue weighted by atomic mass is 10.1. The van der Waals surface area contributed by atoms with Crippen LogP contribution in [0, 0.1) is 0 Å². The molecule has 3 rings (SSSR count). The van der Waals surface area contributed by atoms with Gasteiger partial charge in [-0.3, -0.25) is 4.90 Å². The van der Waals surface area contributed by atoms with Crippen LogP contribution in [0.15, 0.2) is 47.1 Å². The van der Waals surface area contributed by atoms with Crippen molar-refractivity contribution in [3.8, 4) is 0 Å². The first-order valence-electron chi connectivity index (χ1n) is 9.01. The predicted molar refractivity (Wildman–Crippen MR) is 101 cm³/mol. The Morgan fingerprint density at radius 2 is 1.92 bits per heavy atom. The number of anilines is 1. The molecule has 6 nitrogen and oxygen atoms in total. The highest BCUT2D eigenvalue weighted by atomic mass is 16.5. The molecule has 2 heterocycles. The van der Waals surface area contributed by atoms with Crippen LogP contribution in [-0.4, -0.2) is 48.2 Å². The van der Waals surface area contributed by atoms with E-state index in [9.17, 15) is 4.79 Å². The molecular formula is C20H27N3O3. The van der Waals surface area contributed by atoms with E-state index < -0.39 is 0 Å². The zero-order valence-corrected chi connectivity index (χ0v) is 15.6. The normalized spacial score (nSPS) is 20.7. The molecule has 6 heteroatoms. The van der Waals surface area contributed by atoms with Crippen molar-refractivity contribution < 1.29 is 13.9 Å². The summed E-state index contributed by atoms with van der Waals surface area (Å²) in [5.41, 5.74) is 1.95. The van der Waals surface area contributed by atoms with E-state index >= 15 is 0 Å². The number of benzene rings is 1. The Hall–Kier alpha value is -2.31. The molecule has 2 atom stereocenters. The number of nitrogens with one attached hydrogen (secondary N) is 1. The number of rotatable bonds is 5. The molecule has 140 valence electrons. The van der Waals surface area contributed by atoms with E-state index in [0.717, 1.165) is 36.6 Å². The Bertz CT molecular complexity index is 707. The molecule has 2 aromatic rings. The summed E-state index contributed by atoms with van der Waals surface area (Å²) in [5.74, 6) is 0.757. The van der Waals surface area contributed by atoms with Gasteiger partial charge in [-0.2, -0.15) is 0 Å². The zero-order chi connectivity index (χ0) is 18.5. The predicted octanol–water partition coefficient (Wildman–Crippen LogP) is 3.55.